The number of ether oxygens (including phenoxy) is 3. The zero-order valence-corrected chi connectivity index (χ0v) is 42.0. The average Bonchev–Trinajstić information content (AvgIpc) is 3.62. The van der Waals surface area contributed by atoms with Crippen LogP contribution in [0.2, 0.25) is 0 Å². The molecule has 0 radical (unpaired) electrons. The van der Waals surface area contributed by atoms with Crippen molar-refractivity contribution >= 4 is 92.2 Å². The van der Waals surface area contributed by atoms with Crippen LogP contribution < -0.4 is 19.3 Å². The lowest BCUT2D eigenvalue weighted by atomic mass is 9.83. The Bertz CT molecular complexity index is 2320. The van der Waals surface area contributed by atoms with Gasteiger partial charge in [-0.3, -0.25) is 0 Å². The third kappa shape index (κ3) is 9.09. The standard InChI is InChI=1S/C52H52Br4N2O4/c1-57(37-11-7-5-8-12-37)39-23-15-33(16-24-39)43(35-19-27-41(60-3)28-20-35)31-52(46-45(51(59)62-52)47(53)49(55)50(56)48(46)54)32-44(36-21-29-42(61-4)30-22-36)34-17-25-40(26-18-34)58(2)38-13-9-6-10-14-38/h15-32,37-38H,5-14H2,1-4H3. The van der Waals surface area contributed by atoms with Crippen LogP contribution in [-0.4, -0.2) is 46.4 Å². The fourth-order valence-corrected chi connectivity index (χ4v) is 12.0. The zero-order chi connectivity index (χ0) is 43.5. The Hall–Kier alpha value is -3.83. The molecule has 322 valence electrons. The van der Waals surface area contributed by atoms with Crippen molar-refractivity contribution in [3.63, 3.8) is 0 Å². The molecular formula is C52H52Br4N2O4. The summed E-state index contributed by atoms with van der Waals surface area (Å²) < 4.78 is 20.9. The minimum atomic E-state index is -1.41. The molecule has 0 N–H and O–H groups in total. The molecule has 0 saturated heterocycles. The fourth-order valence-electron chi connectivity index (χ4n) is 9.44. The topological polar surface area (TPSA) is 51.2 Å². The van der Waals surface area contributed by atoms with Crippen molar-refractivity contribution in [3.8, 4) is 11.5 Å². The van der Waals surface area contributed by atoms with Gasteiger partial charge in [0, 0.05) is 61.0 Å². The molecule has 6 nitrogen and oxygen atoms in total. The smallest absolute Gasteiger partial charge is 0.341 e. The number of carbonyl (C=O) groups is 1. The van der Waals surface area contributed by atoms with Crippen LogP contribution >= 0.6 is 63.7 Å². The normalized spacial score (nSPS) is 18.6. The Labute approximate surface area is 400 Å². The summed E-state index contributed by atoms with van der Waals surface area (Å²) >= 11 is 15.3. The third-order valence-electron chi connectivity index (χ3n) is 13.1. The predicted molar refractivity (Wildman–Crippen MR) is 268 cm³/mol. The van der Waals surface area contributed by atoms with E-state index in [0.717, 1.165) is 49.4 Å². The van der Waals surface area contributed by atoms with E-state index in [1.165, 1.54) is 75.6 Å². The summed E-state index contributed by atoms with van der Waals surface area (Å²) in [4.78, 5) is 19.4. The van der Waals surface area contributed by atoms with Crippen LogP contribution in [0.1, 0.15) is 102 Å². The summed E-state index contributed by atoms with van der Waals surface area (Å²) in [6, 6.07) is 34.8. The second kappa shape index (κ2) is 19.5. The first-order chi connectivity index (χ1) is 30.0. The number of halogens is 4. The molecule has 8 rings (SSSR count). The summed E-state index contributed by atoms with van der Waals surface area (Å²) in [7, 11) is 7.78. The summed E-state index contributed by atoms with van der Waals surface area (Å²) in [6.45, 7) is 0. The van der Waals surface area contributed by atoms with Crippen molar-refractivity contribution in [2.75, 3.05) is 38.1 Å². The lowest BCUT2D eigenvalue weighted by molar-refractivity contribution is 0.0298. The van der Waals surface area contributed by atoms with Crippen LogP contribution in [-0.2, 0) is 10.3 Å². The van der Waals surface area contributed by atoms with E-state index in [1.807, 2.05) is 24.3 Å². The number of methoxy groups -OCH3 is 2. The van der Waals surface area contributed by atoms with Gasteiger partial charge in [-0.05, 0) is 183 Å². The average molecular weight is 1090 g/mol. The molecule has 2 fully saturated rings. The van der Waals surface area contributed by atoms with Gasteiger partial charge in [-0.15, -0.1) is 0 Å². The van der Waals surface area contributed by atoms with Gasteiger partial charge in [-0.25, -0.2) is 4.79 Å². The Morgan fingerprint density at radius 2 is 0.903 bits per heavy atom. The summed E-state index contributed by atoms with van der Waals surface area (Å²) in [6.07, 6.45) is 16.8. The first kappa shape index (κ1) is 44.8. The van der Waals surface area contributed by atoms with E-state index >= 15 is 0 Å². The Kier molecular flexibility index (Phi) is 14.1. The first-order valence-electron chi connectivity index (χ1n) is 21.5. The van der Waals surface area contributed by atoms with Gasteiger partial charge in [-0.1, -0.05) is 87.1 Å². The molecule has 1 heterocycles. The van der Waals surface area contributed by atoms with Crippen molar-refractivity contribution in [2.45, 2.75) is 81.9 Å². The Morgan fingerprint density at radius 1 is 0.548 bits per heavy atom. The van der Waals surface area contributed by atoms with E-state index < -0.39 is 11.6 Å². The molecule has 0 amide bonds. The Morgan fingerprint density at radius 3 is 1.27 bits per heavy atom. The summed E-state index contributed by atoms with van der Waals surface area (Å²) in [5, 5.41) is 0. The highest BCUT2D eigenvalue weighted by atomic mass is 79.9. The van der Waals surface area contributed by atoms with Gasteiger partial charge in [0.15, 0.2) is 5.60 Å². The van der Waals surface area contributed by atoms with Crippen LogP contribution in [0.5, 0.6) is 11.5 Å². The van der Waals surface area contributed by atoms with Crippen molar-refractivity contribution < 1.29 is 19.0 Å². The lowest BCUT2D eigenvalue weighted by Crippen LogP contribution is -2.33. The van der Waals surface area contributed by atoms with Crippen LogP contribution in [0.3, 0.4) is 0 Å². The first-order valence-corrected chi connectivity index (χ1v) is 24.7. The molecule has 1 aliphatic heterocycles. The molecule has 3 aliphatic rings. The lowest BCUT2D eigenvalue weighted by Gasteiger charge is -2.33. The maximum absolute atomic E-state index is 14.5. The number of cyclic esters (lactones) is 1. The number of esters is 1. The molecule has 2 aliphatic carbocycles. The molecule has 0 spiro atoms. The maximum Gasteiger partial charge on any atom is 0.341 e. The highest BCUT2D eigenvalue weighted by Crippen LogP contribution is 2.54. The van der Waals surface area contributed by atoms with Gasteiger partial charge in [-0.2, -0.15) is 0 Å². The van der Waals surface area contributed by atoms with Crippen LogP contribution in [0.15, 0.2) is 127 Å². The molecule has 0 unspecified atom stereocenters. The van der Waals surface area contributed by atoms with Gasteiger partial charge < -0.3 is 24.0 Å². The van der Waals surface area contributed by atoms with Crippen LogP contribution in [0.4, 0.5) is 11.4 Å². The minimum Gasteiger partial charge on any atom is -0.497 e. The number of fused-ring (bicyclic) bond motifs is 1. The van der Waals surface area contributed by atoms with E-state index in [1.54, 1.807) is 14.2 Å². The number of rotatable bonds is 12. The second-order valence-electron chi connectivity index (χ2n) is 16.7. The predicted octanol–water partition coefficient (Wildman–Crippen LogP) is 14.9. The van der Waals surface area contributed by atoms with Crippen LogP contribution in [0, 0.1) is 0 Å². The number of anilines is 2. The quantitative estimate of drug-likeness (QED) is 0.0705. The van der Waals surface area contributed by atoms with Gasteiger partial charge in [0.1, 0.15) is 11.5 Å². The molecular weight excluding hydrogens is 1040 g/mol. The number of hydrogen-bond donors (Lipinski definition) is 0. The molecule has 5 aromatic rings. The molecule has 5 aromatic carbocycles. The number of hydrogen-bond acceptors (Lipinski definition) is 6. The molecule has 10 heteroatoms. The number of nitrogens with zero attached hydrogens (tertiary/aromatic N) is 2. The SMILES string of the molecule is COc1ccc(C(=CC2(C=C(c3ccc(OC)cc3)c3ccc(N(C)C4CCCCC4)cc3)OC(=O)c3c(Br)c(Br)c(Br)c(Br)c32)c2ccc(N(C)C3CCCCC3)cc2)cc1. The van der Waals surface area contributed by atoms with Crippen LogP contribution in [0.25, 0.3) is 11.1 Å². The number of benzene rings is 5. The van der Waals surface area contributed by atoms with Gasteiger partial charge in [0.05, 0.1) is 19.8 Å². The highest BCUT2D eigenvalue weighted by Gasteiger charge is 2.48. The zero-order valence-electron chi connectivity index (χ0n) is 35.7. The highest BCUT2D eigenvalue weighted by molar-refractivity contribution is 9.15. The van der Waals surface area contributed by atoms with E-state index in [2.05, 4.69) is 173 Å². The second-order valence-corrected chi connectivity index (χ2v) is 19.8. The van der Waals surface area contributed by atoms with E-state index in [-0.39, 0.29) is 0 Å². The Balaban J connectivity index is 1.36. The molecule has 0 aromatic heterocycles. The fraction of sp³-hybridized carbons (Fsp3) is 0.327. The van der Waals surface area contributed by atoms with E-state index in [0.29, 0.717) is 36.6 Å². The van der Waals surface area contributed by atoms with Crippen molar-refractivity contribution in [1.82, 2.24) is 0 Å². The van der Waals surface area contributed by atoms with E-state index in [4.69, 9.17) is 14.2 Å². The largest absolute Gasteiger partial charge is 0.497 e. The maximum atomic E-state index is 14.5. The molecule has 62 heavy (non-hydrogen) atoms. The monoisotopic (exact) mass is 1080 g/mol. The van der Waals surface area contributed by atoms with E-state index in [9.17, 15) is 4.79 Å². The van der Waals surface area contributed by atoms with Crippen molar-refractivity contribution in [3.05, 3.63) is 160 Å². The molecule has 0 atom stereocenters. The minimum absolute atomic E-state index is 0.439. The molecule has 2 saturated carbocycles. The van der Waals surface area contributed by atoms with Gasteiger partial charge >= 0.3 is 5.97 Å². The number of carbonyl (C=O) groups excluding carboxylic acids is 1. The van der Waals surface area contributed by atoms with Gasteiger partial charge in [0.25, 0.3) is 0 Å². The third-order valence-corrected chi connectivity index (χ3v) is 17.8. The van der Waals surface area contributed by atoms with Gasteiger partial charge in [0.2, 0.25) is 0 Å². The summed E-state index contributed by atoms with van der Waals surface area (Å²) in [5.74, 6) is 1.07. The molecule has 0 bridgehead atoms. The van der Waals surface area contributed by atoms with Crippen molar-refractivity contribution in [2.24, 2.45) is 0 Å². The van der Waals surface area contributed by atoms with Crippen molar-refractivity contribution in [1.29, 1.82) is 0 Å². The summed E-state index contributed by atoms with van der Waals surface area (Å²) in [5.41, 5.74) is 7.75.